The fraction of sp³-hybridized carbons (Fsp3) is 0.500. The first-order valence-electron chi connectivity index (χ1n) is 5.53. The van der Waals surface area contributed by atoms with Crippen molar-refractivity contribution in [3.63, 3.8) is 0 Å². The molecule has 1 aromatic heterocycles. The second kappa shape index (κ2) is 4.61. The van der Waals surface area contributed by atoms with E-state index in [1.54, 1.807) is 11.1 Å². The number of rotatable bonds is 3. The lowest BCUT2D eigenvalue weighted by atomic mass is 10.1. The lowest BCUT2D eigenvalue weighted by Crippen LogP contribution is -2.36. The van der Waals surface area contributed by atoms with Crippen molar-refractivity contribution in [3.8, 4) is 0 Å². The Bertz CT molecular complexity index is 367. The minimum absolute atomic E-state index is 0.0453. The van der Waals surface area contributed by atoms with Crippen molar-refractivity contribution < 1.29 is 9.90 Å². The Morgan fingerprint density at radius 2 is 2.50 bits per heavy atom. The fourth-order valence-electron chi connectivity index (χ4n) is 2.11. The Balaban J connectivity index is 1.98. The van der Waals surface area contributed by atoms with Gasteiger partial charge in [0.1, 0.15) is 0 Å². The molecule has 0 aliphatic carbocycles. The van der Waals surface area contributed by atoms with Gasteiger partial charge in [0, 0.05) is 25.0 Å². The van der Waals surface area contributed by atoms with E-state index in [-0.39, 0.29) is 18.4 Å². The molecule has 1 saturated heterocycles. The van der Waals surface area contributed by atoms with Crippen LogP contribution in [0.15, 0.2) is 24.5 Å². The van der Waals surface area contributed by atoms with E-state index < -0.39 is 6.10 Å². The van der Waals surface area contributed by atoms with Crippen molar-refractivity contribution in [2.24, 2.45) is 0 Å². The molecule has 0 bridgehead atoms. The number of β-amino-alcohol motifs (C(OH)–C–C–N with tert-alkyl or cyclic N) is 1. The molecule has 4 nitrogen and oxygen atoms in total. The van der Waals surface area contributed by atoms with Crippen LogP contribution in [0, 0.1) is 0 Å². The van der Waals surface area contributed by atoms with Gasteiger partial charge in [0.05, 0.1) is 12.5 Å². The van der Waals surface area contributed by atoms with Gasteiger partial charge in [-0.25, -0.2) is 0 Å². The van der Waals surface area contributed by atoms with E-state index >= 15 is 0 Å². The van der Waals surface area contributed by atoms with Crippen LogP contribution in [0.3, 0.4) is 0 Å². The van der Waals surface area contributed by atoms with Gasteiger partial charge < -0.3 is 10.0 Å². The normalized spacial score (nSPS) is 22.5. The van der Waals surface area contributed by atoms with Crippen LogP contribution in [0.5, 0.6) is 0 Å². The number of pyridine rings is 1. The molecule has 2 heterocycles. The first kappa shape index (κ1) is 11.1. The van der Waals surface area contributed by atoms with Crippen molar-refractivity contribution in [1.29, 1.82) is 0 Å². The van der Waals surface area contributed by atoms with Crippen molar-refractivity contribution in [1.82, 2.24) is 9.88 Å². The van der Waals surface area contributed by atoms with E-state index in [1.165, 1.54) is 0 Å². The number of hydrogen-bond acceptors (Lipinski definition) is 3. The van der Waals surface area contributed by atoms with E-state index in [4.69, 9.17) is 0 Å². The van der Waals surface area contributed by atoms with Gasteiger partial charge in [-0.15, -0.1) is 0 Å². The first-order chi connectivity index (χ1) is 7.66. The summed E-state index contributed by atoms with van der Waals surface area (Å²) in [7, 11) is 0. The van der Waals surface area contributed by atoms with Crippen LogP contribution in [0.1, 0.15) is 18.9 Å². The highest BCUT2D eigenvalue weighted by molar-refractivity contribution is 5.79. The van der Waals surface area contributed by atoms with Gasteiger partial charge in [0.2, 0.25) is 5.91 Å². The molecule has 1 aliphatic heterocycles. The molecule has 1 fully saturated rings. The molecule has 4 heteroatoms. The molecule has 1 amide bonds. The zero-order valence-electron chi connectivity index (χ0n) is 9.34. The summed E-state index contributed by atoms with van der Waals surface area (Å²) < 4.78 is 0. The number of aliphatic hydroxyl groups is 1. The standard InChI is InChI=1S/C12H16N2O2/c1-9(5-10-3-2-4-13-7-10)14-8-11(15)6-12(14)16/h2-4,7,9,11,15H,5-6,8H2,1H3. The summed E-state index contributed by atoms with van der Waals surface area (Å²) >= 11 is 0. The Kier molecular flexibility index (Phi) is 3.19. The number of nitrogens with zero attached hydrogens (tertiary/aromatic N) is 2. The number of aliphatic hydroxyl groups excluding tert-OH is 1. The highest BCUT2D eigenvalue weighted by Gasteiger charge is 2.31. The highest BCUT2D eigenvalue weighted by atomic mass is 16.3. The Morgan fingerprint density at radius 1 is 1.69 bits per heavy atom. The van der Waals surface area contributed by atoms with Gasteiger partial charge in [-0.05, 0) is 25.0 Å². The lowest BCUT2D eigenvalue weighted by molar-refractivity contribution is -0.129. The molecule has 0 radical (unpaired) electrons. The zero-order chi connectivity index (χ0) is 11.5. The minimum atomic E-state index is -0.496. The Labute approximate surface area is 94.9 Å². The van der Waals surface area contributed by atoms with E-state index in [1.807, 2.05) is 25.3 Å². The maximum atomic E-state index is 11.6. The third-order valence-electron chi connectivity index (χ3n) is 2.92. The number of hydrogen-bond donors (Lipinski definition) is 1. The van der Waals surface area contributed by atoms with Crippen LogP contribution < -0.4 is 0 Å². The molecular weight excluding hydrogens is 204 g/mol. The van der Waals surface area contributed by atoms with Gasteiger partial charge in [-0.1, -0.05) is 6.07 Å². The number of carbonyl (C=O) groups excluding carboxylic acids is 1. The van der Waals surface area contributed by atoms with Crippen molar-refractivity contribution in [3.05, 3.63) is 30.1 Å². The summed E-state index contributed by atoms with van der Waals surface area (Å²) in [4.78, 5) is 17.4. The number of aromatic nitrogens is 1. The largest absolute Gasteiger partial charge is 0.391 e. The van der Waals surface area contributed by atoms with Gasteiger partial charge in [-0.2, -0.15) is 0 Å². The summed E-state index contributed by atoms with van der Waals surface area (Å²) in [6.07, 6.45) is 4.10. The Hall–Kier alpha value is -1.42. The van der Waals surface area contributed by atoms with Crippen LogP contribution in [0.4, 0.5) is 0 Å². The zero-order valence-corrected chi connectivity index (χ0v) is 9.34. The van der Waals surface area contributed by atoms with Crippen LogP contribution in [-0.4, -0.2) is 39.6 Å². The quantitative estimate of drug-likeness (QED) is 0.811. The second-order valence-corrected chi connectivity index (χ2v) is 4.32. The van der Waals surface area contributed by atoms with E-state index in [0.717, 1.165) is 12.0 Å². The van der Waals surface area contributed by atoms with Crippen molar-refractivity contribution in [2.75, 3.05) is 6.54 Å². The van der Waals surface area contributed by atoms with Crippen LogP contribution >= 0.6 is 0 Å². The predicted octanol–water partition coefficient (Wildman–Crippen LogP) is 0.606. The Morgan fingerprint density at radius 3 is 3.06 bits per heavy atom. The summed E-state index contributed by atoms with van der Waals surface area (Å²) in [5, 5.41) is 9.41. The molecule has 2 unspecified atom stereocenters. The molecule has 0 saturated carbocycles. The monoisotopic (exact) mass is 220 g/mol. The van der Waals surface area contributed by atoms with Gasteiger partial charge in [-0.3, -0.25) is 9.78 Å². The van der Waals surface area contributed by atoms with Crippen LogP contribution in [0.25, 0.3) is 0 Å². The van der Waals surface area contributed by atoms with Crippen LogP contribution in [-0.2, 0) is 11.2 Å². The third-order valence-corrected chi connectivity index (χ3v) is 2.92. The van der Waals surface area contributed by atoms with E-state index in [2.05, 4.69) is 4.98 Å². The fourth-order valence-corrected chi connectivity index (χ4v) is 2.11. The summed E-state index contributed by atoms with van der Waals surface area (Å²) in [6.45, 7) is 2.46. The minimum Gasteiger partial charge on any atom is -0.391 e. The molecule has 1 aliphatic rings. The SMILES string of the molecule is CC(Cc1cccnc1)N1CC(O)CC1=O. The topological polar surface area (TPSA) is 53.4 Å². The molecule has 2 atom stereocenters. The number of likely N-dealkylation sites (tertiary alicyclic amines) is 1. The molecule has 16 heavy (non-hydrogen) atoms. The van der Waals surface area contributed by atoms with Gasteiger partial charge in [0.25, 0.3) is 0 Å². The number of amides is 1. The molecule has 1 aromatic rings. The predicted molar refractivity (Wildman–Crippen MR) is 59.7 cm³/mol. The average molecular weight is 220 g/mol. The highest BCUT2D eigenvalue weighted by Crippen LogP contribution is 2.16. The maximum absolute atomic E-state index is 11.6. The van der Waals surface area contributed by atoms with E-state index in [9.17, 15) is 9.90 Å². The van der Waals surface area contributed by atoms with Crippen LogP contribution in [0.2, 0.25) is 0 Å². The average Bonchev–Trinajstić information content (AvgIpc) is 2.59. The molecule has 0 aromatic carbocycles. The summed E-state index contributed by atoms with van der Waals surface area (Å²) in [6, 6.07) is 4.01. The van der Waals surface area contributed by atoms with Crippen molar-refractivity contribution in [2.45, 2.75) is 31.9 Å². The van der Waals surface area contributed by atoms with E-state index in [0.29, 0.717) is 6.54 Å². The number of carbonyl (C=O) groups is 1. The molecule has 1 N–H and O–H groups in total. The lowest BCUT2D eigenvalue weighted by Gasteiger charge is -2.24. The van der Waals surface area contributed by atoms with Gasteiger partial charge in [0.15, 0.2) is 0 Å². The first-order valence-corrected chi connectivity index (χ1v) is 5.53. The second-order valence-electron chi connectivity index (χ2n) is 4.32. The maximum Gasteiger partial charge on any atom is 0.225 e. The smallest absolute Gasteiger partial charge is 0.225 e. The summed E-state index contributed by atoms with van der Waals surface area (Å²) in [5.74, 6) is 0.0453. The molecule has 0 spiro atoms. The molecular formula is C12H16N2O2. The van der Waals surface area contributed by atoms with Gasteiger partial charge >= 0.3 is 0 Å². The third kappa shape index (κ3) is 2.39. The molecule has 86 valence electrons. The van der Waals surface area contributed by atoms with Crippen molar-refractivity contribution >= 4 is 5.91 Å². The summed E-state index contributed by atoms with van der Waals surface area (Å²) in [5.41, 5.74) is 1.11. The molecule has 2 rings (SSSR count).